The summed E-state index contributed by atoms with van der Waals surface area (Å²) in [5.41, 5.74) is 3.27. The van der Waals surface area contributed by atoms with Crippen molar-refractivity contribution < 1.29 is 4.42 Å². The lowest BCUT2D eigenvalue weighted by Crippen LogP contribution is -2.06. The highest BCUT2D eigenvalue weighted by atomic mass is 16.4. The van der Waals surface area contributed by atoms with E-state index in [1.165, 1.54) is 5.56 Å². The van der Waals surface area contributed by atoms with Crippen LogP contribution in [0.3, 0.4) is 0 Å². The Morgan fingerprint density at radius 3 is 2.42 bits per heavy atom. The molecule has 0 aliphatic heterocycles. The summed E-state index contributed by atoms with van der Waals surface area (Å²) >= 11 is 0. The monoisotopic (exact) mass is 411 g/mol. The zero-order valence-electron chi connectivity index (χ0n) is 17.1. The average Bonchev–Trinajstić information content (AvgIpc) is 3.52. The van der Waals surface area contributed by atoms with Gasteiger partial charge in [0.1, 0.15) is 6.54 Å². The molecule has 3 aromatic heterocycles. The fourth-order valence-corrected chi connectivity index (χ4v) is 3.43. The lowest BCUT2D eigenvalue weighted by molar-refractivity contribution is 0.477. The third-order valence-corrected chi connectivity index (χ3v) is 4.89. The van der Waals surface area contributed by atoms with Gasteiger partial charge in [0.05, 0.1) is 13.0 Å². The largest absolute Gasteiger partial charge is 0.425 e. The number of aromatic nitrogens is 7. The van der Waals surface area contributed by atoms with Crippen LogP contribution in [0.15, 0.2) is 77.5 Å². The standard InChI is InChI=1S/C23H21N7O/c1-17-26-27-22(31-17)14-18-8-10-20(11-9-18)23-25-21(16-29-13-5-12-24-29)28-30(23)15-19-6-3-2-4-7-19/h2-13H,14-16H2,1H3. The van der Waals surface area contributed by atoms with Crippen molar-refractivity contribution in [3.8, 4) is 11.4 Å². The van der Waals surface area contributed by atoms with E-state index in [1.54, 1.807) is 13.1 Å². The number of hydrogen-bond donors (Lipinski definition) is 0. The maximum Gasteiger partial charge on any atom is 0.220 e. The van der Waals surface area contributed by atoms with E-state index in [9.17, 15) is 0 Å². The molecule has 0 spiro atoms. The van der Waals surface area contributed by atoms with E-state index in [-0.39, 0.29) is 0 Å². The van der Waals surface area contributed by atoms with Gasteiger partial charge in [-0.1, -0.05) is 54.6 Å². The van der Waals surface area contributed by atoms with Crippen molar-refractivity contribution in [2.24, 2.45) is 0 Å². The average molecular weight is 411 g/mol. The Balaban J connectivity index is 1.43. The van der Waals surface area contributed by atoms with Crippen LogP contribution in [0, 0.1) is 6.92 Å². The van der Waals surface area contributed by atoms with Crippen molar-refractivity contribution in [3.05, 3.63) is 102 Å². The van der Waals surface area contributed by atoms with Gasteiger partial charge in [0.2, 0.25) is 11.8 Å². The second-order valence-corrected chi connectivity index (χ2v) is 7.29. The SMILES string of the molecule is Cc1nnc(Cc2ccc(-c3nc(Cn4cccn4)nn3Cc3ccccc3)cc2)o1. The van der Waals surface area contributed by atoms with E-state index >= 15 is 0 Å². The normalized spacial score (nSPS) is 11.1. The third kappa shape index (κ3) is 4.42. The van der Waals surface area contributed by atoms with Gasteiger partial charge in [0.15, 0.2) is 11.6 Å². The zero-order valence-corrected chi connectivity index (χ0v) is 17.1. The quantitative estimate of drug-likeness (QED) is 0.407. The smallest absolute Gasteiger partial charge is 0.220 e. The molecule has 5 rings (SSSR count). The Morgan fingerprint density at radius 2 is 1.71 bits per heavy atom. The molecule has 2 aromatic carbocycles. The highest BCUT2D eigenvalue weighted by Gasteiger charge is 2.14. The van der Waals surface area contributed by atoms with Gasteiger partial charge in [-0.05, 0) is 17.2 Å². The van der Waals surface area contributed by atoms with Crippen LogP contribution in [0.25, 0.3) is 11.4 Å². The molecule has 8 heteroatoms. The summed E-state index contributed by atoms with van der Waals surface area (Å²) in [5.74, 6) is 2.73. The van der Waals surface area contributed by atoms with E-state index in [0.717, 1.165) is 22.8 Å². The molecule has 0 fully saturated rings. The second kappa shape index (κ2) is 8.35. The summed E-state index contributed by atoms with van der Waals surface area (Å²) in [6.45, 7) is 2.96. The van der Waals surface area contributed by atoms with Crippen LogP contribution in [0.5, 0.6) is 0 Å². The highest BCUT2D eigenvalue weighted by Crippen LogP contribution is 2.21. The Kier molecular flexibility index (Phi) is 5.10. The van der Waals surface area contributed by atoms with Crippen molar-refractivity contribution in [2.45, 2.75) is 26.4 Å². The van der Waals surface area contributed by atoms with E-state index < -0.39 is 0 Å². The maximum absolute atomic E-state index is 5.48. The molecule has 0 bridgehead atoms. The Hall–Kier alpha value is -4.07. The summed E-state index contributed by atoms with van der Waals surface area (Å²) in [6.07, 6.45) is 4.26. The number of benzene rings is 2. The van der Waals surface area contributed by atoms with Crippen LogP contribution in [0.2, 0.25) is 0 Å². The minimum absolute atomic E-state index is 0.524. The molecule has 0 aliphatic carbocycles. The van der Waals surface area contributed by atoms with Crippen LogP contribution < -0.4 is 0 Å². The molecule has 8 nitrogen and oxygen atoms in total. The summed E-state index contributed by atoms with van der Waals surface area (Å²) < 4.78 is 9.25. The Bertz CT molecular complexity index is 1260. The van der Waals surface area contributed by atoms with E-state index in [0.29, 0.717) is 31.3 Å². The first-order valence-electron chi connectivity index (χ1n) is 10.1. The molecule has 31 heavy (non-hydrogen) atoms. The van der Waals surface area contributed by atoms with Crippen molar-refractivity contribution in [3.63, 3.8) is 0 Å². The van der Waals surface area contributed by atoms with Gasteiger partial charge in [-0.15, -0.1) is 10.2 Å². The van der Waals surface area contributed by atoms with Crippen molar-refractivity contribution >= 4 is 0 Å². The van der Waals surface area contributed by atoms with Crippen LogP contribution >= 0.6 is 0 Å². The molecular formula is C23H21N7O. The van der Waals surface area contributed by atoms with Gasteiger partial charge in [-0.25, -0.2) is 9.67 Å². The van der Waals surface area contributed by atoms with Crippen molar-refractivity contribution in [2.75, 3.05) is 0 Å². The first kappa shape index (κ1) is 18.9. The number of rotatable bonds is 7. The summed E-state index contributed by atoms with van der Waals surface area (Å²) in [5, 5.41) is 17.0. The molecule has 0 aliphatic rings. The van der Waals surface area contributed by atoms with Crippen molar-refractivity contribution in [1.82, 2.24) is 34.7 Å². The Labute approximate surface area is 179 Å². The topological polar surface area (TPSA) is 87.5 Å². The molecular weight excluding hydrogens is 390 g/mol. The predicted octanol–water partition coefficient (Wildman–Crippen LogP) is 3.52. The maximum atomic E-state index is 5.48. The highest BCUT2D eigenvalue weighted by molar-refractivity contribution is 5.56. The molecule has 0 unspecified atom stereocenters. The first-order chi connectivity index (χ1) is 15.2. The number of nitrogens with zero attached hydrogens (tertiary/aromatic N) is 7. The number of hydrogen-bond acceptors (Lipinski definition) is 6. The zero-order chi connectivity index (χ0) is 21.0. The van der Waals surface area contributed by atoms with Gasteiger partial charge < -0.3 is 4.42 Å². The Morgan fingerprint density at radius 1 is 0.871 bits per heavy atom. The second-order valence-electron chi connectivity index (χ2n) is 7.29. The van der Waals surface area contributed by atoms with Gasteiger partial charge in [-0.2, -0.15) is 10.2 Å². The van der Waals surface area contributed by atoms with E-state index in [4.69, 9.17) is 14.5 Å². The minimum atomic E-state index is 0.524. The van der Waals surface area contributed by atoms with Crippen LogP contribution in [-0.2, 0) is 19.5 Å². The molecule has 0 amide bonds. The van der Waals surface area contributed by atoms with Crippen LogP contribution in [0.4, 0.5) is 0 Å². The lowest BCUT2D eigenvalue weighted by atomic mass is 10.1. The van der Waals surface area contributed by atoms with Crippen molar-refractivity contribution in [1.29, 1.82) is 0 Å². The predicted molar refractivity (Wildman–Crippen MR) is 114 cm³/mol. The van der Waals surface area contributed by atoms with Crippen LogP contribution in [-0.4, -0.2) is 34.7 Å². The fraction of sp³-hybridized carbons (Fsp3) is 0.174. The lowest BCUT2D eigenvalue weighted by Gasteiger charge is -2.07. The molecule has 154 valence electrons. The van der Waals surface area contributed by atoms with Gasteiger partial charge >= 0.3 is 0 Å². The van der Waals surface area contributed by atoms with E-state index in [1.807, 2.05) is 39.8 Å². The molecule has 5 aromatic rings. The molecule has 0 radical (unpaired) electrons. The summed E-state index contributed by atoms with van der Waals surface area (Å²) in [4.78, 5) is 4.82. The van der Waals surface area contributed by atoms with Crippen LogP contribution in [0.1, 0.15) is 28.7 Å². The number of aryl methyl sites for hydroxylation is 1. The minimum Gasteiger partial charge on any atom is -0.425 e. The van der Waals surface area contributed by atoms with Gasteiger partial charge in [0.25, 0.3) is 0 Å². The molecule has 0 saturated carbocycles. The first-order valence-corrected chi connectivity index (χ1v) is 10.1. The summed E-state index contributed by atoms with van der Waals surface area (Å²) in [6, 6.07) is 20.4. The van der Waals surface area contributed by atoms with E-state index in [2.05, 4.69) is 51.7 Å². The molecule has 0 N–H and O–H groups in total. The summed E-state index contributed by atoms with van der Waals surface area (Å²) in [7, 11) is 0. The molecule has 0 atom stereocenters. The molecule has 3 heterocycles. The van der Waals surface area contributed by atoms with Gasteiger partial charge in [0, 0.05) is 24.9 Å². The van der Waals surface area contributed by atoms with Gasteiger partial charge in [-0.3, -0.25) is 4.68 Å². The molecule has 0 saturated heterocycles. The fourth-order valence-electron chi connectivity index (χ4n) is 3.43. The third-order valence-electron chi connectivity index (χ3n) is 4.89.